The van der Waals surface area contributed by atoms with Gasteiger partial charge in [-0.1, -0.05) is 0 Å². The number of nitrogens with one attached hydrogen (secondary N) is 1. The van der Waals surface area contributed by atoms with Crippen LogP contribution in [-0.2, 0) is 0 Å². The van der Waals surface area contributed by atoms with Crippen LogP contribution in [0.25, 0.3) is 16.7 Å². The van der Waals surface area contributed by atoms with Gasteiger partial charge in [0, 0.05) is 31.4 Å². The van der Waals surface area contributed by atoms with E-state index in [1.54, 1.807) is 0 Å². The van der Waals surface area contributed by atoms with Crippen molar-refractivity contribution in [2.24, 2.45) is 0 Å². The van der Waals surface area contributed by atoms with Crippen molar-refractivity contribution in [3.05, 3.63) is 63.5 Å². The Morgan fingerprint density at radius 3 is 2.08 bits per heavy atom. The molecule has 0 radical (unpaired) electrons. The molecule has 40 heavy (non-hydrogen) atoms. The van der Waals surface area contributed by atoms with Crippen LogP contribution in [0.1, 0.15) is 17.3 Å². The van der Waals surface area contributed by atoms with Crippen LogP contribution in [0.5, 0.6) is 0 Å². The Hall–Kier alpha value is -3.86. The predicted molar refractivity (Wildman–Crippen MR) is 119 cm³/mol. The van der Waals surface area contributed by atoms with Crippen LogP contribution >= 0.6 is 0 Å². The molecule has 0 bridgehead atoms. The number of amides is 1. The molecule has 0 aliphatic carbocycles. The second-order valence-electron chi connectivity index (χ2n) is 8.98. The molecule has 1 aliphatic heterocycles. The van der Waals surface area contributed by atoms with Crippen molar-refractivity contribution in [1.82, 2.24) is 14.9 Å². The number of anilines is 1. The van der Waals surface area contributed by atoms with Crippen molar-refractivity contribution >= 4 is 22.8 Å². The molecule has 216 valence electrons. The minimum absolute atomic E-state index is 0.200. The molecule has 2 unspecified atom stereocenters. The number of fused-ring (bicyclic) bond motifs is 1. The Labute approximate surface area is 217 Å². The van der Waals surface area contributed by atoms with Crippen LogP contribution in [-0.4, -0.2) is 69.1 Å². The molecule has 1 amide bonds. The average molecular weight is 584 g/mol. The number of aromatic nitrogens is 2. The number of hydrogen-bond acceptors (Lipinski definition) is 6. The Morgan fingerprint density at radius 2 is 1.55 bits per heavy atom. The van der Waals surface area contributed by atoms with Gasteiger partial charge in [0.2, 0.25) is 5.43 Å². The maximum atomic E-state index is 15.0. The quantitative estimate of drug-likeness (QED) is 0.399. The van der Waals surface area contributed by atoms with Crippen molar-refractivity contribution in [3.63, 3.8) is 0 Å². The van der Waals surface area contributed by atoms with Gasteiger partial charge in [0.15, 0.2) is 28.9 Å². The van der Waals surface area contributed by atoms with Gasteiger partial charge >= 0.3 is 12.1 Å². The number of nitrogens with zero attached hydrogens (tertiary/aromatic N) is 3. The Balaban J connectivity index is 1.95. The van der Waals surface area contributed by atoms with Crippen LogP contribution in [0.4, 0.5) is 45.3 Å². The van der Waals surface area contributed by atoms with Crippen molar-refractivity contribution in [3.8, 4) is 5.69 Å². The highest BCUT2D eigenvalue weighted by Gasteiger charge is 2.61. The molecule has 2 aromatic heterocycles. The van der Waals surface area contributed by atoms with Gasteiger partial charge in [-0.3, -0.25) is 14.2 Å². The third kappa shape index (κ3) is 4.94. The molecule has 17 heteroatoms. The lowest BCUT2D eigenvalue weighted by Gasteiger charge is -2.26. The number of carbonyl (C=O) groups is 1. The van der Waals surface area contributed by atoms with E-state index in [9.17, 15) is 54.9 Å². The van der Waals surface area contributed by atoms with Gasteiger partial charge in [-0.2, -0.15) is 22.0 Å². The summed E-state index contributed by atoms with van der Waals surface area (Å²) in [5.74, 6) is -13.8. The van der Waals surface area contributed by atoms with Crippen LogP contribution in [0.3, 0.4) is 0 Å². The largest absolute Gasteiger partial charge is 0.455 e. The van der Waals surface area contributed by atoms with Gasteiger partial charge in [0.1, 0.15) is 17.1 Å². The summed E-state index contributed by atoms with van der Waals surface area (Å²) >= 11 is 0. The van der Waals surface area contributed by atoms with Crippen LogP contribution in [0.2, 0.25) is 0 Å². The molecule has 4 rings (SSSR count). The fourth-order valence-corrected chi connectivity index (χ4v) is 4.09. The van der Waals surface area contributed by atoms with E-state index in [1.807, 2.05) is 0 Å². The van der Waals surface area contributed by atoms with E-state index in [1.165, 1.54) is 5.32 Å². The molecule has 1 fully saturated rings. The number of aliphatic hydroxyl groups is 2. The monoisotopic (exact) mass is 584 g/mol. The normalized spacial score (nSPS) is 18.9. The molecule has 1 aromatic carbocycles. The SMILES string of the molecule is CC(NC(=O)c1cn(-c2c(F)cc(F)cc2F)c2nc(N3CC(O)[C@H](O)C3)c(F)cc2c1=O)C(F)(F)C(F)(F)F. The fourth-order valence-electron chi connectivity index (χ4n) is 4.09. The van der Waals surface area contributed by atoms with Crippen LogP contribution in [0, 0.1) is 23.3 Å². The molecule has 1 saturated heterocycles. The first-order valence-corrected chi connectivity index (χ1v) is 11.2. The van der Waals surface area contributed by atoms with Gasteiger partial charge in [0.25, 0.3) is 5.91 Å². The van der Waals surface area contributed by atoms with E-state index >= 15 is 4.39 Å². The molecule has 3 aromatic rings. The average Bonchev–Trinajstić information content (AvgIpc) is 3.16. The summed E-state index contributed by atoms with van der Waals surface area (Å²) in [4.78, 5) is 30.6. The molecule has 0 spiro atoms. The third-order valence-corrected chi connectivity index (χ3v) is 6.21. The predicted octanol–water partition coefficient (Wildman–Crippen LogP) is 2.80. The summed E-state index contributed by atoms with van der Waals surface area (Å²) in [6, 6.07) is -2.07. The number of aliphatic hydroxyl groups excluding tert-OH is 2. The number of alkyl halides is 5. The number of pyridine rings is 2. The van der Waals surface area contributed by atoms with E-state index < -0.39 is 93.1 Å². The Kier molecular flexibility index (Phi) is 7.25. The van der Waals surface area contributed by atoms with Gasteiger partial charge < -0.3 is 20.4 Å². The van der Waals surface area contributed by atoms with Gasteiger partial charge in [-0.05, 0) is 13.0 Å². The van der Waals surface area contributed by atoms with E-state index in [0.717, 1.165) is 4.90 Å². The Bertz CT molecular complexity index is 1530. The molecule has 8 nitrogen and oxygen atoms in total. The first kappa shape index (κ1) is 29.1. The summed E-state index contributed by atoms with van der Waals surface area (Å²) in [5, 5.41) is 20.0. The molecule has 3 heterocycles. The second kappa shape index (κ2) is 9.96. The number of benzene rings is 1. The topological polar surface area (TPSA) is 108 Å². The van der Waals surface area contributed by atoms with Crippen LogP contribution < -0.4 is 15.6 Å². The maximum Gasteiger partial charge on any atom is 0.455 e. The van der Waals surface area contributed by atoms with E-state index in [4.69, 9.17) is 0 Å². The Morgan fingerprint density at radius 1 is 1.00 bits per heavy atom. The van der Waals surface area contributed by atoms with Crippen molar-refractivity contribution in [2.75, 3.05) is 18.0 Å². The molecule has 3 N–H and O–H groups in total. The highest BCUT2D eigenvalue weighted by Crippen LogP contribution is 2.38. The molecule has 0 saturated carbocycles. The zero-order chi connectivity index (χ0) is 29.9. The molecule has 1 aliphatic rings. The standard InChI is InChI=1S/C23H17F9N4O4/c1-8(22(28,29)23(30,31)32)33-21(40)11-5-36(17-12(25)2-9(24)3-13(17)26)19-10(18(11)39)4-14(27)20(34-19)35-6-15(37)16(38)7-35/h2-5,8,15-16,37-38H,6-7H2,1H3,(H,33,40)/t8?,15-,16?/m1/s1. The maximum absolute atomic E-state index is 15.0. The number of rotatable bonds is 5. The summed E-state index contributed by atoms with van der Waals surface area (Å²) in [6.07, 6.45) is -8.41. The zero-order valence-electron chi connectivity index (χ0n) is 19.9. The van der Waals surface area contributed by atoms with Crippen LogP contribution in [0.15, 0.2) is 29.2 Å². The summed E-state index contributed by atoms with van der Waals surface area (Å²) in [6.45, 7) is -0.422. The van der Waals surface area contributed by atoms with Gasteiger partial charge in [0.05, 0.1) is 23.6 Å². The van der Waals surface area contributed by atoms with Gasteiger partial charge in [-0.25, -0.2) is 22.5 Å². The highest BCUT2D eigenvalue weighted by atomic mass is 19.4. The van der Waals surface area contributed by atoms with E-state index in [2.05, 4.69) is 4.98 Å². The summed E-state index contributed by atoms with van der Waals surface area (Å²) < 4.78 is 124. The summed E-state index contributed by atoms with van der Waals surface area (Å²) in [5.41, 5.74) is -4.61. The van der Waals surface area contributed by atoms with Crippen molar-refractivity contribution in [2.45, 2.75) is 37.3 Å². The fraction of sp³-hybridized carbons (Fsp3) is 0.348. The third-order valence-electron chi connectivity index (χ3n) is 6.21. The number of halogens is 9. The number of hydrogen-bond donors (Lipinski definition) is 3. The minimum atomic E-state index is -6.09. The lowest BCUT2D eigenvalue weighted by Crippen LogP contribution is -2.54. The molecule has 3 atom stereocenters. The van der Waals surface area contributed by atoms with Crippen molar-refractivity contribution in [1.29, 1.82) is 0 Å². The smallest absolute Gasteiger partial charge is 0.389 e. The number of carbonyl (C=O) groups excluding carboxylic acids is 1. The first-order chi connectivity index (χ1) is 18.4. The highest BCUT2D eigenvalue weighted by molar-refractivity contribution is 5.97. The minimum Gasteiger partial charge on any atom is -0.389 e. The lowest BCUT2D eigenvalue weighted by atomic mass is 10.1. The van der Waals surface area contributed by atoms with E-state index in [-0.39, 0.29) is 32.1 Å². The van der Waals surface area contributed by atoms with Gasteiger partial charge in [-0.15, -0.1) is 0 Å². The zero-order valence-corrected chi connectivity index (χ0v) is 19.9. The molecular weight excluding hydrogens is 567 g/mol. The lowest BCUT2D eigenvalue weighted by molar-refractivity contribution is -0.290. The summed E-state index contributed by atoms with van der Waals surface area (Å²) in [7, 11) is 0. The second-order valence-corrected chi connectivity index (χ2v) is 8.98. The van der Waals surface area contributed by atoms with E-state index in [0.29, 0.717) is 16.8 Å². The van der Waals surface area contributed by atoms with Crippen molar-refractivity contribution < 1.29 is 54.5 Å². The number of β-amino-alcohol motifs (C(OH)–C–C–N with tert-alkyl or cyclic N) is 2. The first-order valence-electron chi connectivity index (χ1n) is 11.2. The molecular formula is C23H17F9N4O4.